The molecule has 0 spiro atoms. The molecule has 0 aliphatic carbocycles. The molecule has 29 heavy (non-hydrogen) atoms. The average Bonchev–Trinajstić information content (AvgIpc) is 2.74. The van der Waals surface area contributed by atoms with Crippen LogP contribution in [-0.2, 0) is 11.2 Å². The molecule has 1 saturated heterocycles. The number of aliphatic carboxylic acids is 1. The molecular formula is C23H32N3O3+. The van der Waals surface area contributed by atoms with Gasteiger partial charge in [0.1, 0.15) is 5.75 Å². The molecule has 0 aromatic heterocycles. The van der Waals surface area contributed by atoms with Gasteiger partial charge >= 0.3 is 5.97 Å². The molecule has 1 aliphatic heterocycles. The molecule has 6 nitrogen and oxygen atoms in total. The number of carbonyl (C=O) groups is 1. The number of nitrogens with zero attached hydrogens (tertiary/aromatic N) is 1. The molecule has 2 aromatic carbocycles. The van der Waals surface area contributed by atoms with Gasteiger partial charge in [-0.1, -0.05) is 42.5 Å². The summed E-state index contributed by atoms with van der Waals surface area (Å²) in [4.78, 5) is 13.3. The number of piperazine rings is 1. The van der Waals surface area contributed by atoms with Crippen LogP contribution in [0.1, 0.15) is 36.4 Å². The SMILES string of the molecule is COc1cccc(CCC2NC(c3ccccc3)CN(CCCC(=O)O)C2[NH3+])c1. The van der Waals surface area contributed by atoms with Gasteiger partial charge in [0.25, 0.3) is 0 Å². The van der Waals surface area contributed by atoms with Gasteiger partial charge < -0.3 is 15.6 Å². The minimum Gasteiger partial charge on any atom is -0.497 e. The fraction of sp³-hybridized carbons (Fsp3) is 0.435. The first-order chi connectivity index (χ1) is 14.1. The van der Waals surface area contributed by atoms with E-state index in [0.717, 1.165) is 31.7 Å². The zero-order chi connectivity index (χ0) is 20.6. The highest BCUT2D eigenvalue weighted by Gasteiger charge is 2.36. The lowest BCUT2D eigenvalue weighted by Gasteiger charge is -2.42. The zero-order valence-corrected chi connectivity index (χ0v) is 17.1. The standard InChI is InChI=1S/C23H31N3O3/c1-29-19-10-5-7-17(15-19)12-13-20-23(24)26(14-6-11-22(27)28)16-21(25-20)18-8-3-2-4-9-18/h2-5,7-10,15,20-21,23,25H,6,11-14,16,24H2,1H3,(H,27,28)/p+1. The summed E-state index contributed by atoms with van der Waals surface area (Å²) in [7, 11) is 1.69. The summed E-state index contributed by atoms with van der Waals surface area (Å²) in [6.07, 6.45) is 2.84. The average molecular weight is 399 g/mol. The van der Waals surface area contributed by atoms with Crippen molar-refractivity contribution in [3.05, 3.63) is 65.7 Å². The molecule has 1 aliphatic rings. The molecule has 156 valence electrons. The van der Waals surface area contributed by atoms with Crippen LogP contribution in [0.4, 0.5) is 0 Å². The monoisotopic (exact) mass is 398 g/mol. The molecule has 6 heteroatoms. The maximum absolute atomic E-state index is 10.9. The lowest BCUT2D eigenvalue weighted by Crippen LogP contribution is -2.79. The largest absolute Gasteiger partial charge is 0.497 e. The summed E-state index contributed by atoms with van der Waals surface area (Å²) in [6, 6.07) is 19.1. The third-order valence-electron chi connectivity index (χ3n) is 5.68. The highest BCUT2D eigenvalue weighted by molar-refractivity contribution is 5.66. The first-order valence-corrected chi connectivity index (χ1v) is 10.3. The van der Waals surface area contributed by atoms with Crippen molar-refractivity contribution in [2.45, 2.75) is 43.9 Å². The number of benzene rings is 2. The summed E-state index contributed by atoms with van der Waals surface area (Å²) in [5.41, 5.74) is 6.93. The molecule has 2 aromatic rings. The highest BCUT2D eigenvalue weighted by Crippen LogP contribution is 2.24. The minimum atomic E-state index is -0.741. The van der Waals surface area contributed by atoms with Crippen LogP contribution in [0.5, 0.6) is 5.75 Å². The van der Waals surface area contributed by atoms with Crippen molar-refractivity contribution in [2.24, 2.45) is 0 Å². The molecule has 0 amide bonds. The van der Waals surface area contributed by atoms with Gasteiger partial charge in [0.15, 0.2) is 6.17 Å². The fourth-order valence-electron chi connectivity index (χ4n) is 4.05. The van der Waals surface area contributed by atoms with Crippen LogP contribution in [0.2, 0.25) is 0 Å². The summed E-state index contributed by atoms with van der Waals surface area (Å²) in [5.74, 6) is 0.137. The van der Waals surface area contributed by atoms with E-state index < -0.39 is 5.97 Å². The van der Waals surface area contributed by atoms with Crippen LogP contribution in [0, 0.1) is 0 Å². The Morgan fingerprint density at radius 3 is 2.76 bits per heavy atom. The van der Waals surface area contributed by atoms with Crippen molar-refractivity contribution in [3.63, 3.8) is 0 Å². The fourth-order valence-corrected chi connectivity index (χ4v) is 4.05. The Hall–Kier alpha value is -2.41. The summed E-state index contributed by atoms with van der Waals surface area (Å²) >= 11 is 0. The topological polar surface area (TPSA) is 89.4 Å². The van der Waals surface area contributed by atoms with Gasteiger partial charge in [0.05, 0.1) is 13.2 Å². The molecule has 1 fully saturated rings. The lowest BCUT2D eigenvalue weighted by molar-refractivity contribution is -0.470. The Bertz CT molecular complexity index is 784. The summed E-state index contributed by atoms with van der Waals surface area (Å²) in [5, 5.41) is 12.8. The van der Waals surface area contributed by atoms with Crippen molar-refractivity contribution in [2.75, 3.05) is 20.2 Å². The molecule has 0 bridgehead atoms. The first-order valence-electron chi connectivity index (χ1n) is 10.3. The summed E-state index contributed by atoms with van der Waals surface area (Å²) in [6.45, 7) is 1.59. The van der Waals surface area contributed by atoms with E-state index >= 15 is 0 Å². The Morgan fingerprint density at radius 1 is 1.24 bits per heavy atom. The first kappa shape index (κ1) is 21.3. The van der Waals surface area contributed by atoms with Crippen LogP contribution in [0.3, 0.4) is 0 Å². The maximum atomic E-state index is 10.9. The second-order valence-electron chi connectivity index (χ2n) is 7.69. The van der Waals surface area contributed by atoms with Gasteiger partial charge in [-0.2, -0.15) is 0 Å². The van der Waals surface area contributed by atoms with Crippen molar-refractivity contribution in [3.8, 4) is 5.75 Å². The van der Waals surface area contributed by atoms with E-state index in [1.807, 2.05) is 18.2 Å². The second-order valence-corrected chi connectivity index (χ2v) is 7.69. The van der Waals surface area contributed by atoms with E-state index in [2.05, 4.69) is 52.3 Å². The third kappa shape index (κ3) is 6.03. The minimum absolute atomic E-state index is 0.106. The number of hydrogen-bond donors (Lipinski definition) is 3. The van der Waals surface area contributed by atoms with Crippen molar-refractivity contribution in [1.82, 2.24) is 10.2 Å². The predicted molar refractivity (Wildman–Crippen MR) is 113 cm³/mol. The number of hydrogen-bond acceptors (Lipinski definition) is 4. The van der Waals surface area contributed by atoms with Crippen molar-refractivity contribution >= 4 is 5.97 Å². The van der Waals surface area contributed by atoms with Crippen LogP contribution in [0.25, 0.3) is 0 Å². The van der Waals surface area contributed by atoms with E-state index in [0.29, 0.717) is 6.42 Å². The Labute approximate surface area is 172 Å². The molecule has 3 atom stereocenters. The van der Waals surface area contributed by atoms with Gasteiger partial charge in [-0.05, 0) is 42.5 Å². The van der Waals surface area contributed by atoms with Crippen molar-refractivity contribution < 1.29 is 20.4 Å². The molecule has 0 saturated carbocycles. The molecular weight excluding hydrogens is 366 g/mol. The second kappa shape index (κ2) is 10.4. The third-order valence-corrected chi connectivity index (χ3v) is 5.68. The van der Waals surface area contributed by atoms with E-state index in [1.165, 1.54) is 11.1 Å². The normalized spacial score (nSPS) is 22.3. The Morgan fingerprint density at radius 2 is 2.03 bits per heavy atom. The number of ether oxygens (including phenoxy) is 1. The molecule has 3 unspecified atom stereocenters. The van der Waals surface area contributed by atoms with Crippen molar-refractivity contribution in [1.29, 1.82) is 0 Å². The number of quaternary nitrogens is 1. The number of rotatable bonds is 9. The van der Waals surface area contributed by atoms with Gasteiger partial charge in [-0.25, -0.2) is 0 Å². The smallest absolute Gasteiger partial charge is 0.303 e. The predicted octanol–water partition coefficient (Wildman–Crippen LogP) is 2.08. The van der Waals surface area contributed by atoms with E-state index in [9.17, 15) is 4.79 Å². The van der Waals surface area contributed by atoms with E-state index in [4.69, 9.17) is 9.84 Å². The van der Waals surface area contributed by atoms with Crippen LogP contribution in [-0.4, -0.2) is 48.4 Å². The lowest BCUT2D eigenvalue weighted by atomic mass is 9.95. The van der Waals surface area contributed by atoms with Gasteiger partial charge in [0.2, 0.25) is 0 Å². The Kier molecular flexibility index (Phi) is 7.63. The molecule has 3 rings (SSSR count). The Balaban J connectivity index is 1.69. The van der Waals surface area contributed by atoms with Gasteiger partial charge in [-0.3, -0.25) is 15.0 Å². The summed E-state index contributed by atoms with van der Waals surface area (Å²) < 4.78 is 5.34. The number of nitrogens with one attached hydrogen (secondary N) is 1. The van der Waals surface area contributed by atoms with E-state index in [1.54, 1.807) is 7.11 Å². The van der Waals surface area contributed by atoms with Gasteiger partial charge in [-0.15, -0.1) is 0 Å². The van der Waals surface area contributed by atoms with Crippen LogP contribution >= 0.6 is 0 Å². The van der Waals surface area contributed by atoms with E-state index in [-0.39, 0.29) is 24.7 Å². The number of carboxylic acid groups (broad SMARTS) is 1. The molecule has 5 N–H and O–H groups in total. The molecule has 1 heterocycles. The highest BCUT2D eigenvalue weighted by atomic mass is 16.5. The number of aryl methyl sites for hydroxylation is 1. The quantitative estimate of drug-likeness (QED) is 0.602. The van der Waals surface area contributed by atoms with Crippen LogP contribution < -0.4 is 15.8 Å². The number of methoxy groups -OCH3 is 1. The maximum Gasteiger partial charge on any atom is 0.303 e. The number of carboxylic acids is 1. The van der Waals surface area contributed by atoms with Gasteiger partial charge in [0, 0.05) is 25.6 Å². The molecule has 0 radical (unpaired) electrons. The zero-order valence-electron chi connectivity index (χ0n) is 17.1. The van der Waals surface area contributed by atoms with Crippen LogP contribution in [0.15, 0.2) is 54.6 Å².